The van der Waals surface area contributed by atoms with E-state index in [1.807, 2.05) is 12.3 Å². The molecule has 0 aliphatic carbocycles. The molecule has 0 bridgehead atoms. The first-order valence-electron chi connectivity index (χ1n) is 7.92. The lowest BCUT2D eigenvalue weighted by Gasteiger charge is -2.28. The molecule has 2 heterocycles. The average Bonchev–Trinajstić information content (AvgIpc) is 2.98. The van der Waals surface area contributed by atoms with E-state index < -0.39 is 0 Å². The van der Waals surface area contributed by atoms with Gasteiger partial charge in [-0.15, -0.1) is 11.3 Å². The first-order chi connectivity index (χ1) is 11.2. The van der Waals surface area contributed by atoms with Crippen LogP contribution >= 0.6 is 11.3 Å². The fraction of sp³-hybridized carbons (Fsp3) is 0.412. The highest BCUT2D eigenvalue weighted by molar-refractivity contribution is 7.09. The van der Waals surface area contributed by atoms with Crippen LogP contribution in [-0.2, 0) is 19.5 Å². The lowest BCUT2D eigenvalue weighted by atomic mass is 10.00. The topological polar surface area (TPSA) is 57.3 Å². The molecule has 0 saturated carbocycles. The molecule has 2 aromatic rings. The molecule has 0 atom stereocenters. The molecule has 0 radical (unpaired) electrons. The van der Waals surface area contributed by atoms with E-state index in [-0.39, 0.29) is 6.03 Å². The number of nitrogens with one attached hydrogen (secondary N) is 2. The Balaban J connectivity index is 1.36. The minimum atomic E-state index is -0.129. The summed E-state index contributed by atoms with van der Waals surface area (Å²) in [6.45, 7) is 6.00. The molecular weight excluding hydrogens is 308 g/mol. The van der Waals surface area contributed by atoms with Crippen molar-refractivity contribution in [2.45, 2.75) is 26.4 Å². The van der Waals surface area contributed by atoms with Crippen LogP contribution in [-0.4, -0.2) is 35.5 Å². The van der Waals surface area contributed by atoms with E-state index in [4.69, 9.17) is 0 Å². The minimum absolute atomic E-state index is 0.129. The molecule has 2 amide bonds. The Bertz CT molecular complexity index is 670. The van der Waals surface area contributed by atoms with Crippen molar-refractivity contribution in [3.63, 3.8) is 0 Å². The number of fused-ring (bicyclic) bond motifs is 1. The average molecular weight is 330 g/mol. The van der Waals surface area contributed by atoms with E-state index in [0.717, 1.165) is 36.8 Å². The zero-order valence-corrected chi connectivity index (χ0v) is 14.2. The number of thiazole rings is 1. The predicted molar refractivity (Wildman–Crippen MR) is 92.5 cm³/mol. The van der Waals surface area contributed by atoms with E-state index in [0.29, 0.717) is 13.1 Å². The summed E-state index contributed by atoms with van der Waals surface area (Å²) in [5.74, 6) is 0. The van der Waals surface area contributed by atoms with Crippen LogP contribution in [0, 0.1) is 6.92 Å². The number of urea groups is 1. The zero-order chi connectivity index (χ0) is 16.1. The molecule has 0 fully saturated rings. The smallest absolute Gasteiger partial charge is 0.315 e. The third-order valence-corrected chi connectivity index (χ3v) is 4.96. The Labute approximate surface area is 140 Å². The SMILES string of the molecule is Cc1csc(CNC(=O)NCCN2CCc3ccccc3C2)n1. The molecule has 122 valence electrons. The second kappa shape index (κ2) is 7.57. The lowest BCUT2D eigenvalue weighted by molar-refractivity contribution is 0.230. The first-order valence-corrected chi connectivity index (χ1v) is 8.80. The van der Waals surface area contributed by atoms with Crippen molar-refractivity contribution in [1.82, 2.24) is 20.5 Å². The van der Waals surface area contributed by atoms with Gasteiger partial charge < -0.3 is 10.6 Å². The summed E-state index contributed by atoms with van der Waals surface area (Å²) in [7, 11) is 0. The van der Waals surface area contributed by atoms with Crippen LogP contribution in [0.2, 0.25) is 0 Å². The Hall–Kier alpha value is -1.92. The van der Waals surface area contributed by atoms with Gasteiger partial charge in [-0.2, -0.15) is 0 Å². The first kappa shape index (κ1) is 16.0. The number of hydrogen-bond donors (Lipinski definition) is 2. The molecule has 5 nitrogen and oxygen atoms in total. The maximum absolute atomic E-state index is 11.8. The molecule has 1 aliphatic heterocycles. The zero-order valence-electron chi connectivity index (χ0n) is 13.3. The number of carbonyl (C=O) groups excluding carboxylic acids is 1. The van der Waals surface area contributed by atoms with Gasteiger partial charge in [0.1, 0.15) is 5.01 Å². The maximum atomic E-state index is 11.8. The van der Waals surface area contributed by atoms with Gasteiger partial charge >= 0.3 is 6.03 Å². The molecule has 3 rings (SSSR count). The van der Waals surface area contributed by atoms with Gasteiger partial charge in [0, 0.05) is 37.3 Å². The second-order valence-electron chi connectivity index (χ2n) is 5.79. The van der Waals surface area contributed by atoms with E-state index in [9.17, 15) is 4.79 Å². The maximum Gasteiger partial charge on any atom is 0.315 e. The van der Waals surface area contributed by atoms with E-state index >= 15 is 0 Å². The van der Waals surface area contributed by atoms with E-state index in [1.54, 1.807) is 11.3 Å². The third-order valence-electron chi connectivity index (χ3n) is 3.99. The fourth-order valence-corrected chi connectivity index (χ4v) is 3.49. The molecule has 23 heavy (non-hydrogen) atoms. The molecule has 1 aromatic heterocycles. The summed E-state index contributed by atoms with van der Waals surface area (Å²) in [5, 5.41) is 8.69. The Morgan fingerprint density at radius 1 is 1.30 bits per heavy atom. The van der Waals surface area contributed by atoms with Crippen molar-refractivity contribution in [2.75, 3.05) is 19.6 Å². The Kier molecular flexibility index (Phi) is 5.25. The van der Waals surface area contributed by atoms with Gasteiger partial charge in [0.05, 0.1) is 6.54 Å². The van der Waals surface area contributed by atoms with Gasteiger partial charge in [-0.05, 0) is 24.5 Å². The van der Waals surface area contributed by atoms with Crippen LogP contribution in [0.5, 0.6) is 0 Å². The number of carbonyl (C=O) groups is 1. The van der Waals surface area contributed by atoms with Crippen LogP contribution in [0.4, 0.5) is 4.79 Å². The van der Waals surface area contributed by atoms with Crippen LogP contribution in [0.1, 0.15) is 21.8 Å². The summed E-state index contributed by atoms with van der Waals surface area (Å²) in [6, 6.07) is 8.46. The predicted octanol–water partition coefficient (Wildman–Crippen LogP) is 2.31. The highest BCUT2D eigenvalue weighted by Crippen LogP contribution is 2.17. The molecule has 2 N–H and O–H groups in total. The number of aryl methyl sites for hydroxylation is 1. The second-order valence-corrected chi connectivity index (χ2v) is 6.73. The number of aromatic nitrogens is 1. The fourth-order valence-electron chi connectivity index (χ4n) is 2.77. The normalized spacial score (nSPS) is 14.3. The van der Waals surface area contributed by atoms with Gasteiger partial charge in [0.15, 0.2) is 0 Å². The van der Waals surface area contributed by atoms with Gasteiger partial charge in [-0.3, -0.25) is 4.90 Å². The minimum Gasteiger partial charge on any atom is -0.337 e. The summed E-state index contributed by atoms with van der Waals surface area (Å²) >= 11 is 1.57. The molecule has 0 spiro atoms. The van der Waals surface area contributed by atoms with Gasteiger partial charge in [-0.1, -0.05) is 24.3 Å². The largest absolute Gasteiger partial charge is 0.337 e. The molecule has 1 aromatic carbocycles. The van der Waals surface area contributed by atoms with Crippen molar-refractivity contribution in [2.24, 2.45) is 0 Å². The van der Waals surface area contributed by atoms with Crippen LogP contribution in [0.15, 0.2) is 29.6 Å². The third kappa shape index (κ3) is 4.53. The molecular formula is C17H22N4OS. The van der Waals surface area contributed by atoms with Gasteiger partial charge in [0.25, 0.3) is 0 Å². The highest BCUT2D eigenvalue weighted by Gasteiger charge is 2.15. The quantitative estimate of drug-likeness (QED) is 0.884. The summed E-state index contributed by atoms with van der Waals surface area (Å²) in [4.78, 5) is 18.5. The van der Waals surface area contributed by atoms with Crippen LogP contribution < -0.4 is 10.6 Å². The van der Waals surface area contributed by atoms with Gasteiger partial charge in [-0.25, -0.2) is 9.78 Å². The standard InChI is InChI=1S/C17H22N4OS/c1-13-12-23-16(20-13)10-19-17(22)18-7-9-21-8-6-14-4-2-3-5-15(14)11-21/h2-5,12H,6-11H2,1H3,(H2,18,19,22). The Morgan fingerprint density at radius 2 is 2.13 bits per heavy atom. The summed E-state index contributed by atoms with van der Waals surface area (Å²) in [6.07, 6.45) is 1.09. The monoisotopic (exact) mass is 330 g/mol. The number of hydrogen-bond acceptors (Lipinski definition) is 4. The van der Waals surface area contributed by atoms with E-state index in [2.05, 4.69) is 44.8 Å². The number of rotatable bonds is 5. The lowest BCUT2D eigenvalue weighted by Crippen LogP contribution is -2.41. The van der Waals surface area contributed by atoms with Crippen molar-refractivity contribution < 1.29 is 4.79 Å². The summed E-state index contributed by atoms with van der Waals surface area (Å²) in [5.41, 5.74) is 3.85. The molecule has 0 unspecified atom stereocenters. The van der Waals surface area contributed by atoms with Crippen molar-refractivity contribution in [3.8, 4) is 0 Å². The highest BCUT2D eigenvalue weighted by atomic mass is 32.1. The number of benzene rings is 1. The molecule has 0 saturated heterocycles. The van der Waals surface area contributed by atoms with E-state index in [1.165, 1.54) is 11.1 Å². The van der Waals surface area contributed by atoms with Crippen molar-refractivity contribution in [3.05, 3.63) is 51.5 Å². The Morgan fingerprint density at radius 3 is 2.91 bits per heavy atom. The van der Waals surface area contributed by atoms with Crippen LogP contribution in [0.25, 0.3) is 0 Å². The number of nitrogens with zero attached hydrogens (tertiary/aromatic N) is 2. The number of amides is 2. The molecule has 1 aliphatic rings. The van der Waals surface area contributed by atoms with Gasteiger partial charge in [0.2, 0.25) is 0 Å². The van der Waals surface area contributed by atoms with Crippen molar-refractivity contribution >= 4 is 17.4 Å². The summed E-state index contributed by atoms with van der Waals surface area (Å²) < 4.78 is 0. The van der Waals surface area contributed by atoms with Crippen LogP contribution in [0.3, 0.4) is 0 Å². The molecule has 6 heteroatoms. The van der Waals surface area contributed by atoms with Crippen molar-refractivity contribution in [1.29, 1.82) is 0 Å².